The predicted molar refractivity (Wildman–Crippen MR) is 139 cm³/mol. The largest absolute Gasteiger partial charge is 0.416 e. The maximum Gasteiger partial charge on any atom is 0.416 e. The number of fused-ring (bicyclic) bond motifs is 2. The summed E-state index contributed by atoms with van der Waals surface area (Å²) in [6.07, 6.45) is 3.99. The van der Waals surface area contributed by atoms with Gasteiger partial charge in [0, 0.05) is 30.5 Å². The van der Waals surface area contributed by atoms with Crippen LogP contribution in [0.2, 0.25) is 0 Å². The number of hydrogen-bond donors (Lipinski definition) is 3. The van der Waals surface area contributed by atoms with Gasteiger partial charge in [-0.05, 0) is 54.3 Å². The highest BCUT2D eigenvalue weighted by molar-refractivity contribution is 6.03. The van der Waals surface area contributed by atoms with Gasteiger partial charge in [0.15, 0.2) is 0 Å². The zero-order valence-corrected chi connectivity index (χ0v) is 20.3. The van der Waals surface area contributed by atoms with Crippen LogP contribution in [0.5, 0.6) is 0 Å². The first-order valence-electron chi connectivity index (χ1n) is 12.5. The van der Waals surface area contributed by atoms with Crippen LogP contribution in [-0.2, 0) is 12.7 Å². The van der Waals surface area contributed by atoms with Crippen LogP contribution in [0.15, 0.2) is 67.0 Å². The van der Waals surface area contributed by atoms with E-state index in [0.29, 0.717) is 34.7 Å². The number of carbonyl (C=O) groups excluding carboxylic acids is 1. The molecule has 10 heteroatoms. The molecule has 1 amide bonds. The second-order valence-corrected chi connectivity index (χ2v) is 9.60. The molecule has 2 aromatic carbocycles. The van der Waals surface area contributed by atoms with E-state index in [1.807, 2.05) is 22.7 Å². The maximum atomic E-state index is 13.1. The van der Waals surface area contributed by atoms with E-state index < -0.39 is 17.6 Å². The molecular weight excluding hydrogens is 493 g/mol. The number of carbonyl (C=O) groups is 1. The Morgan fingerprint density at radius 1 is 1.03 bits per heavy atom. The lowest BCUT2D eigenvalue weighted by molar-refractivity contribution is -0.137. The van der Waals surface area contributed by atoms with Gasteiger partial charge >= 0.3 is 6.18 Å². The average Bonchev–Trinajstić information content (AvgIpc) is 3.66. The molecular formula is C28H25F3N6O. The van der Waals surface area contributed by atoms with E-state index in [1.165, 1.54) is 31.7 Å². The van der Waals surface area contributed by atoms with Crippen molar-refractivity contribution in [2.24, 2.45) is 0 Å². The quantitative estimate of drug-likeness (QED) is 0.251. The monoisotopic (exact) mass is 518 g/mol. The highest BCUT2D eigenvalue weighted by Crippen LogP contribution is 2.33. The Morgan fingerprint density at radius 2 is 1.84 bits per heavy atom. The molecule has 0 aliphatic heterocycles. The summed E-state index contributed by atoms with van der Waals surface area (Å²) >= 11 is 0. The standard InChI is InChI=1S/C28H25F3N6O/c29-28(30,31)20-7-3-5-17(13-20)18-10-11-22-23(14-18)35-27(34-22)36-26(38)24-16-37-12-4-6-19(25(37)33-24)15-32-21-8-1-2-9-21/h3-7,10-14,16,21,32H,1-2,8-9,15H2,(H2,34,35,36,38). The number of anilines is 1. The van der Waals surface area contributed by atoms with Gasteiger partial charge in [0.1, 0.15) is 11.3 Å². The number of pyridine rings is 1. The zero-order valence-electron chi connectivity index (χ0n) is 20.3. The topological polar surface area (TPSA) is 87.1 Å². The van der Waals surface area contributed by atoms with Crippen molar-refractivity contribution in [2.75, 3.05) is 5.32 Å². The SMILES string of the molecule is O=C(Nc1nc2ccc(-c3cccc(C(F)(F)F)c3)cc2[nH]1)c1cn2cccc(CNC3CCCC3)c2n1. The van der Waals surface area contributed by atoms with Crippen LogP contribution in [0, 0.1) is 0 Å². The molecule has 7 nitrogen and oxygen atoms in total. The summed E-state index contributed by atoms with van der Waals surface area (Å²) in [6, 6.07) is 14.7. The number of benzene rings is 2. The van der Waals surface area contributed by atoms with Crippen LogP contribution in [0.1, 0.15) is 47.3 Å². The summed E-state index contributed by atoms with van der Waals surface area (Å²) in [5, 5.41) is 6.33. The molecule has 3 N–H and O–H groups in total. The van der Waals surface area contributed by atoms with E-state index >= 15 is 0 Å². The minimum atomic E-state index is -4.42. The molecule has 5 aromatic rings. The second kappa shape index (κ2) is 9.60. The molecule has 0 bridgehead atoms. The van der Waals surface area contributed by atoms with Crippen molar-refractivity contribution in [3.05, 3.63) is 83.8 Å². The van der Waals surface area contributed by atoms with Crippen LogP contribution in [0.3, 0.4) is 0 Å². The van der Waals surface area contributed by atoms with Gasteiger partial charge in [0.05, 0.1) is 16.6 Å². The Morgan fingerprint density at radius 3 is 2.66 bits per heavy atom. The van der Waals surface area contributed by atoms with Gasteiger partial charge in [-0.3, -0.25) is 10.1 Å². The van der Waals surface area contributed by atoms with E-state index in [2.05, 4.69) is 25.6 Å². The minimum absolute atomic E-state index is 0.228. The first-order valence-corrected chi connectivity index (χ1v) is 12.5. The number of nitrogens with zero attached hydrogens (tertiary/aromatic N) is 3. The molecule has 1 saturated carbocycles. The molecule has 3 heterocycles. The first kappa shape index (κ1) is 24.2. The van der Waals surface area contributed by atoms with E-state index in [0.717, 1.165) is 23.3 Å². The molecule has 3 aromatic heterocycles. The lowest BCUT2D eigenvalue weighted by Crippen LogP contribution is -2.25. The van der Waals surface area contributed by atoms with Gasteiger partial charge in [-0.1, -0.05) is 37.1 Å². The van der Waals surface area contributed by atoms with Gasteiger partial charge in [0.2, 0.25) is 5.95 Å². The third kappa shape index (κ3) is 4.87. The molecule has 1 fully saturated rings. The average molecular weight is 519 g/mol. The molecule has 1 aliphatic rings. The summed E-state index contributed by atoms with van der Waals surface area (Å²) in [7, 11) is 0. The van der Waals surface area contributed by atoms with Crippen molar-refractivity contribution >= 4 is 28.5 Å². The van der Waals surface area contributed by atoms with Crippen molar-refractivity contribution in [1.29, 1.82) is 0 Å². The van der Waals surface area contributed by atoms with Gasteiger partial charge in [-0.25, -0.2) is 9.97 Å². The van der Waals surface area contributed by atoms with Crippen LogP contribution < -0.4 is 10.6 Å². The molecule has 0 unspecified atom stereocenters. The zero-order chi connectivity index (χ0) is 26.3. The number of alkyl halides is 3. The lowest BCUT2D eigenvalue weighted by Gasteiger charge is -2.12. The van der Waals surface area contributed by atoms with Gasteiger partial charge in [-0.2, -0.15) is 13.2 Å². The summed E-state index contributed by atoms with van der Waals surface area (Å²) in [4.78, 5) is 25.0. The molecule has 6 rings (SSSR count). The number of H-pyrrole nitrogens is 1. The molecule has 194 valence electrons. The second-order valence-electron chi connectivity index (χ2n) is 9.60. The van der Waals surface area contributed by atoms with Crippen molar-refractivity contribution in [1.82, 2.24) is 24.7 Å². The number of halogens is 3. The van der Waals surface area contributed by atoms with Crippen molar-refractivity contribution in [3.63, 3.8) is 0 Å². The Balaban J connectivity index is 1.21. The predicted octanol–water partition coefficient (Wildman–Crippen LogP) is 6.18. The third-order valence-electron chi connectivity index (χ3n) is 6.97. The van der Waals surface area contributed by atoms with Crippen molar-refractivity contribution < 1.29 is 18.0 Å². The van der Waals surface area contributed by atoms with E-state index in [1.54, 1.807) is 30.5 Å². The van der Waals surface area contributed by atoms with E-state index in [9.17, 15) is 18.0 Å². The van der Waals surface area contributed by atoms with Gasteiger partial charge in [0.25, 0.3) is 5.91 Å². The number of nitrogens with one attached hydrogen (secondary N) is 3. The number of amides is 1. The fourth-order valence-corrected chi connectivity index (χ4v) is 5.00. The van der Waals surface area contributed by atoms with Gasteiger partial charge < -0.3 is 14.7 Å². The van der Waals surface area contributed by atoms with Crippen LogP contribution >= 0.6 is 0 Å². The third-order valence-corrected chi connectivity index (χ3v) is 6.97. The molecule has 0 atom stereocenters. The van der Waals surface area contributed by atoms with Crippen LogP contribution in [-0.4, -0.2) is 31.3 Å². The Kier molecular flexibility index (Phi) is 6.11. The van der Waals surface area contributed by atoms with Crippen LogP contribution in [0.25, 0.3) is 27.8 Å². The molecule has 0 spiro atoms. The molecule has 0 saturated heterocycles. The van der Waals surface area contributed by atoms with E-state index in [-0.39, 0.29) is 11.6 Å². The normalized spacial score (nSPS) is 14.5. The van der Waals surface area contributed by atoms with Gasteiger partial charge in [-0.15, -0.1) is 0 Å². The number of aromatic nitrogens is 4. The molecule has 38 heavy (non-hydrogen) atoms. The Bertz CT molecular complexity index is 1630. The fourth-order valence-electron chi connectivity index (χ4n) is 5.00. The Hall–Kier alpha value is -4.18. The van der Waals surface area contributed by atoms with Crippen molar-refractivity contribution in [2.45, 2.75) is 44.4 Å². The van der Waals surface area contributed by atoms with Crippen molar-refractivity contribution in [3.8, 4) is 11.1 Å². The summed E-state index contributed by atoms with van der Waals surface area (Å²) in [5.41, 5.74) is 3.48. The highest BCUT2D eigenvalue weighted by Gasteiger charge is 2.30. The van der Waals surface area contributed by atoms with Crippen LogP contribution in [0.4, 0.5) is 19.1 Å². The summed E-state index contributed by atoms with van der Waals surface area (Å²) in [5.74, 6) is -0.188. The molecule has 0 radical (unpaired) electrons. The summed E-state index contributed by atoms with van der Waals surface area (Å²) < 4.78 is 41.2. The minimum Gasteiger partial charge on any atom is -0.324 e. The Labute approximate surface area is 216 Å². The summed E-state index contributed by atoms with van der Waals surface area (Å²) in [6.45, 7) is 0.685. The highest BCUT2D eigenvalue weighted by atomic mass is 19.4. The fraction of sp³-hybridized carbons (Fsp3) is 0.250. The number of imidazole rings is 2. The number of rotatable bonds is 6. The number of aromatic amines is 1. The maximum absolute atomic E-state index is 13.1. The van der Waals surface area contributed by atoms with E-state index in [4.69, 9.17) is 0 Å². The first-order chi connectivity index (χ1) is 18.3. The molecule has 1 aliphatic carbocycles. The smallest absolute Gasteiger partial charge is 0.324 e. The number of hydrogen-bond acceptors (Lipinski definition) is 4. The lowest BCUT2D eigenvalue weighted by atomic mass is 10.0.